The van der Waals surface area contributed by atoms with E-state index in [9.17, 15) is 8.42 Å². The highest BCUT2D eigenvalue weighted by atomic mass is 32.2. The highest BCUT2D eigenvalue weighted by Gasteiger charge is 2.37. The molecule has 3 atom stereocenters. The van der Waals surface area contributed by atoms with Gasteiger partial charge in [0.15, 0.2) is 9.84 Å². The number of hydrogen-bond donors (Lipinski definition) is 1. The third-order valence-corrected chi connectivity index (χ3v) is 6.45. The highest BCUT2D eigenvalue weighted by molar-refractivity contribution is 7.92. The summed E-state index contributed by atoms with van der Waals surface area (Å²) >= 11 is 0. The second-order valence-corrected chi connectivity index (χ2v) is 8.51. The summed E-state index contributed by atoms with van der Waals surface area (Å²) in [6.07, 6.45) is 2.69. The molecular weight excluding hydrogens is 234 g/mol. The molecule has 1 rings (SSSR count). The van der Waals surface area contributed by atoms with Crippen LogP contribution in [0.5, 0.6) is 0 Å². The predicted molar refractivity (Wildman–Crippen MR) is 72.6 cm³/mol. The first-order chi connectivity index (χ1) is 7.74. The van der Waals surface area contributed by atoms with Gasteiger partial charge in [0.05, 0.1) is 11.0 Å². The Bertz CT molecular complexity index is 335. The molecule has 0 radical (unpaired) electrons. The maximum atomic E-state index is 12.3. The Morgan fingerprint density at radius 1 is 1.18 bits per heavy atom. The number of rotatable bonds is 4. The van der Waals surface area contributed by atoms with E-state index in [1.165, 1.54) is 0 Å². The van der Waals surface area contributed by atoms with Gasteiger partial charge in [-0.05, 0) is 37.0 Å². The van der Waals surface area contributed by atoms with Crippen molar-refractivity contribution in [2.75, 3.05) is 5.75 Å². The highest BCUT2D eigenvalue weighted by Crippen LogP contribution is 2.33. The Kier molecular flexibility index (Phi) is 5.02. The quantitative estimate of drug-likeness (QED) is 0.844. The van der Waals surface area contributed by atoms with Crippen molar-refractivity contribution in [3.63, 3.8) is 0 Å². The van der Waals surface area contributed by atoms with Crippen LogP contribution in [0.15, 0.2) is 0 Å². The molecule has 17 heavy (non-hydrogen) atoms. The Morgan fingerprint density at radius 3 is 2.24 bits per heavy atom. The van der Waals surface area contributed by atoms with Crippen LogP contribution in [0.25, 0.3) is 0 Å². The zero-order valence-corrected chi connectivity index (χ0v) is 12.3. The molecule has 1 aliphatic rings. The van der Waals surface area contributed by atoms with E-state index in [1.54, 1.807) is 0 Å². The van der Waals surface area contributed by atoms with Crippen LogP contribution in [0.4, 0.5) is 0 Å². The summed E-state index contributed by atoms with van der Waals surface area (Å²) in [7, 11) is -3.02. The van der Waals surface area contributed by atoms with Crippen LogP contribution in [0.2, 0.25) is 0 Å². The van der Waals surface area contributed by atoms with E-state index in [4.69, 9.17) is 5.73 Å². The van der Waals surface area contributed by atoms with Crippen LogP contribution >= 0.6 is 0 Å². The van der Waals surface area contributed by atoms with Crippen molar-refractivity contribution < 1.29 is 8.42 Å². The second kappa shape index (κ2) is 5.70. The molecule has 0 bridgehead atoms. The average Bonchev–Trinajstić information content (AvgIpc) is 2.15. The lowest BCUT2D eigenvalue weighted by Gasteiger charge is -2.35. The van der Waals surface area contributed by atoms with Crippen molar-refractivity contribution in [1.82, 2.24) is 0 Å². The van der Waals surface area contributed by atoms with Gasteiger partial charge < -0.3 is 5.73 Å². The van der Waals surface area contributed by atoms with Crippen LogP contribution in [0, 0.1) is 17.8 Å². The lowest BCUT2D eigenvalue weighted by molar-refractivity contribution is 0.260. The third kappa shape index (κ3) is 3.95. The van der Waals surface area contributed by atoms with Gasteiger partial charge in [0.25, 0.3) is 0 Å². The normalized spacial score (nSPS) is 31.1. The first kappa shape index (κ1) is 15.0. The first-order valence-corrected chi connectivity index (χ1v) is 8.42. The molecule has 0 heterocycles. The Hall–Kier alpha value is -0.0900. The van der Waals surface area contributed by atoms with Gasteiger partial charge >= 0.3 is 0 Å². The summed E-state index contributed by atoms with van der Waals surface area (Å²) in [5, 5.41) is -0.314. The number of nitrogens with two attached hydrogens (primary N) is 1. The molecule has 0 spiro atoms. The molecule has 102 valence electrons. The van der Waals surface area contributed by atoms with Crippen LogP contribution < -0.4 is 5.73 Å². The Morgan fingerprint density at radius 2 is 1.76 bits per heavy atom. The van der Waals surface area contributed by atoms with Gasteiger partial charge in [-0.3, -0.25) is 0 Å². The lowest BCUT2D eigenvalue weighted by Crippen LogP contribution is -2.47. The minimum atomic E-state index is -3.02. The van der Waals surface area contributed by atoms with Crippen molar-refractivity contribution >= 4 is 9.84 Å². The predicted octanol–water partition coefficient (Wildman–Crippen LogP) is 2.21. The smallest absolute Gasteiger partial charge is 0.154 e. The van der Waals surface area contributed by atoms with E-state index in [0.717, 1.165) is 19.3 Å². The standard InChI is InChI=1S/C13H27NO2S/c1-9(2)8-17(15,16)13-7-11(10(3)4)5-6-12(13)14/h9-13H,5-8,14H2,1-4H3. The van der Waals surface area contributed by atoms with Gasteiger partial charge in [0.2, 0.25) is 0 Å². The molecule has 4 heteroatoms. The monoisotopic (exact) mass is 261 g/mol. The maximum Gasteiger partial charge on any atom is 0.154 e. The second-order valence-electron chi connectivity index (χ2n) is 6.24. The molecule has 0 aromatic rings. The van der Waals surface area contributed by atoms with Crippen LogP contribution in [-0.4, -0.2) is 25.5 Å². The third-order valence-electron chi connectivity index (χ3n) is 3.85. The Balaban J connectivity index is 2.79. The van der Waals surface area contributed by atoms with Gasteiger partial charge in [0.1, 0.15) is 0 Å². The summed E-state index contributed by atoms with van der Waals surface area (Å²) in [6, 6.07) is -0.159. The van der Waals surface area contributed by atoms with Gasteiger partial charge in [-0.25, -0.2) is 8.42 Å². The summed E-state index contributed by atoms with van der Waals surface area (Å²) < 4.78 is 24.6. The summed E-state index contributed by atoms with van der Waals surface area (Å²) in [5.74, 6) is 1.53. The lowest BCUT2D eigenvalue weighted by atomic mass is 9.79. The molecule has 1 aliphatic carbocycles. The minimum Gasteiger partial charge on any atom is -0.327 e. The molecule has 1 saturated carbocycles. The molecule has 2 N–H and O–H groups in total. The fourth-order valence-corrected chi connectivity index (χ4v) is 5.18. The average molecular weight is 261 g/mol. The van der Waals surface area contributed by atoms with Gasteiger partial charge in [0, 0.05) is 6.04 Å². The summed E-state index contributed by atoms with van der Waals surface area (Å²) in [6.45, 7) is 8.25. The topological polar surface area (TPSA) is 60.2 Å². The van der Waals surface area contributed by atoms with E-state index in [-0.39, 0.29) is 23.0 Å². The molecule has 1 fully saturated rings. The van der Waals surface area contributed by atoms with Crippen molar-refractivity contribution in [2.45, 2.75) is 58.2 Å². The zero-order chi connectivity index (χ0) is 13.2. The molecule has 3 nitrogen and oxygen atoms in total. The van der Waals surface area contributed by atoms with E-state index in [1.807, 2.05) is 13.8 Å². The van der Waals surface area contributed by atoms with E-state index < -0.39 is 9.84 Å². The molecule has 0 aromatic heterocycles. The molecule has 0 aromatic carbocycles. The van der Waals surface area contributed by atoms with Crippen molar-refractivity contribution in [3.05, 3.63) is 0 Å². The SMILES string of the molecule is CC(C)CS(=O)(=O)C1CC(C(C)C)CCC1N. The van der Waals surface area contributed by atoms with Crippen molar-refractivity contribution in [3.8, 4) is 0 Å². The minimum absolute atomic E-state index is 0.159. The molecule has 0 amide bonds. The zero-order valence-electron chi connectivity index (χ0n) is 11.5. The van der Waals surface area contributed by atoms with Crippen molar-refractivity contribution in [1.29, 1.82) is 0 Å². The van der Waals surface area contributed by atoms with Crippen LogP contribution in [0.3, 0.4) is 0 Å². The molecular formula is C13H27NO2S. The number of sulfone groups is 1. The van der Waals surface area contributed by atoms with Crippen LogP contribution in [-0.2, 0) is 9.84 Å². The van der Waals surface area contributed by atoms with Crippen molar-refractivity contribution in [2.24, 2.45) is 23.5 Å². The largest absolute Gasteiger partial charge is 0.327 e. The fourth-order valence-electron chi connectivity index (χ4n) is 2.79. The van der Waals surface area contributed by atoms with E-state index in [0.29, 0.717) is 11.8 Å². The van der Waals surface area contributed by atoms with Crippen LogP contribution in [0.1, 0.15) is 47.0 Å². The van der Waals surface area contributed by atoms with E-state index in [2.05, 4.69) is 13.8 Å². The first-order valence-electron chi connectivity index (χ1n) is 6.71. The molecule has 3 unspecified atom stereocenters. The Labute approximate surface area is 106 Å². The summed E-state index contributed by atoms with van der Waals surface area (Å²) in [4.78, 5) is 0. The maximum absolute atomic E-state index is 12.3. The fraction of sp³-hybridized carbons (Fsp3) is 1.00. The number of hydrogen-bond acceptors (Lipinski definition) is 3. The molecule has 0 aliphatic heterocycles. The van der Waals surface area contributed by atoms with Gasteiger partial charge in [-0.15, -0.1) is 0 Å². The van der Waals surface area contributed by atoms with Gasteiger partial charge in [-0.1, -0.05) is 27.7 Å². The van der Waals surface area contributed by atoms with E-state index >= 15 is 0 Å². The van der Waals surface area contributed by atoms with Gasteiger partial charge in [-0.2, -0.15) is 0 Å². The molecule has 0 saturated heterocycles. The summed E-state index contributed by atoms with van der Waals surface area (Å²) in [5.41, 5.74) is 6.02.